The molecule has 0 aliphatic carbocycles. The number of nitrogens with zero attached hydrogens (tertiary/aromatic N) is 3. The average molecular weight is 377 g/mol. The van der Waals surface area contributed by atoms with Gasteiger partial charge in [0.05, 0.1) is 33.4 Å². The molecule has 3 heterocycles. The summed E-state index contributed by atoms with van der Waals surface area (Å²) in [6.07, 6.45) is 0.514. The van der Waals surface area contributed by atoms with Crippen molar-refractivity contribution < 1.29 is 23.0 Å². The van der Waals surface area contributed by atoms with Gasteiger partial charge in [-0.2, -0.15) is 4.98 Å². The predicted octanol–water partition coefficient (Wildman–Crippen LogP) is 3.37. The second kappa shape index (κ2) is 6.86. The molecule has 0 fully saturated rings. The van der Waals surface area contributed by atoms with E-state index < -0.39 is 42.1 Å². The topological polar surface area (TPSA) is 78.8 Å². The molecule has 7 heteroatoms. The summed E-state index contributed by atoms with van der Waals surface area (Å²) in [6, 6.07) is 4.97. The maximum absolute atomic E-state index is 13.1. The third kappa shape index (κ3) is 3.07. The van der Waals surface area contributed by atoms with Crippen LogP contribution in [0.25, 0.3) is 16.7 Å². The van der Waals surface area contributed by atoms with Gasteiger partial charge in [-0.05, 0) is 43.2 Å². The maximum Gasteiger partial charge on any atom is 0.322 e. The predicted molar refractivity (Wildman–Crippen MR) is 101 cm³/mol. The molecular weight excluding hydrogens is 348 g/mol. The number of ether oxygens (including phenoxy) is 1. The van der Waals surface area contributed by atoms with E-state index in [1.807, 2.05) is 0 Å². The highest BCUT2D eigenvalue weighted by molar-refractivity contribution is 7.90. The number of imidazole rings is 1. The minimum absolute atomic E-state index is 0.00496. The van der Waals surface area contributed by atoms with E-state index in [-0.39, 0.29) is 35.3 Å². The second-order valence-corrected chi connectivity index (χ2v) is 6.64. The molecule has 6 nitrogen and oxygen atoms in total. The van der Waals surface area contributed by atoms with Crippen LogP contribution in [0.5, 0.6) is 5.75 Å². The molecule has 132 valence electrons. The molecule has 0 spiro atoms. The summed E-state index contributed by atoms with van der Waals surface area (Å²) in [4.78, 5) is 11.2. The van der Waals surface area contributed by atoms with Crippen molar-refractivity contribution in [2.45, 2.75) is 17.8 Å². The number of benzene rings is 1. The highest BCUT2D eigenvalue weighted by atomic mass is 32.2. The molecule has 0 amide bonds. The zero-order valence-corrected chi connectivity index (χ0v) is 14.0. The first-order chi connectivity index (χ1) is 16.7. The minimum Gasteiger partial charge on any atom is -0.609 e. The van der Waals surface area contributed by atoms with Gasteiger partial charge in [0.25, 0.3) is 0 Å². The first-order valence-corrected chi connectivity index (χ1v) is 8.70. The van der Waals surface area contributed by atoms with Crippen molar-refractivity contribution >= 4 is 22.2 Å². The van der Waals surface area contributed by atoms with Gasteiger partial charge in [0.15, 0.2) is 5.75 Å². The third-order valence-corrected chi connectivity index (χ3v) is 4.85. The molecule has 26 heavy (non-hydrogen) atoms. The molecule has 4 rings (SSSR count). The van der Waals surface area contributed by atoms with Crippen LogP contribution in [0.1, 0.15) is 25.0 Å². The number of H-pyrrole nitrogens is 1. The van der Waals surface area contributed by atoms with Crippen molar-refractivity contribution in [1.29, 1.82) is 0 Å². The van der Waals surface area contributed by atoms with Gasteiger partial charge < -0.3 is 13.9 Å². The Morgan fingerprint density at radius 1 is 1.35 bits per heavy atom. The molecule has 0 radical (unpaired) electrons. The number of aromatic nitrogens is 4. The molecule has 0 bridgehead atoms. The van der Waals surface area contributed by atoms with Crippen LogP contribution in [0.4, 0.5) is 0 Å². The fourth-order valence-electron chi connectivity index (χ4n) is 2.41. The van der Waals surface area contributed by atoms with E-state index in [1.165, 1.54) is 12.3 Å². The standard InChI is InChI=1S/C19H18N4O2S/c1-13-17(20-8-7-18(13)25-2)12-26(24)19-21-15-6-5-14(11-16(15)22-19)23-9-3-4-10-23/h3-11H,12H2,1-2H3,(H,21,22)/i1D3,2D3,3D,4D,9D,10D. The Kier molecular flexibility index (Phi) is 2.31. The van der Waals surface area contributed by atoms with Crippen LogP contribution in [-0.2, 0) is 16.9 Å². The Morgan fingerprint density at radius 2 is 2.23 bits per heavy atom. The summed E-state index contributed by atoms with van der Waals surface area (Å²) in [6.45, 7) is -2.79. The van der Waals surface area contributed by atoms with Crippen LogP contribution in [-0.4, -0.2) is 31.1 Å². The first kappa shape index (κ1) is 8.75. The van der Waals surface area contributed by atoms with Gasteiger partial charge >= 0.3 is 5.16 Å². The van der Waals surface area contributed by atoms with Crippen LogP contribution >= 0.6 is 0 Å². The highest BCUT2D eigenvalue weighted by Gasteiger charge is 2.20. The van der Waals surface area contributed by atoms with Crippen LogP contribution in [0.3, 0.4) is 0 Å². The summed E-state index contributed by atoms with van der Waals surface area (Å²) in [5.74, 6) is -0.799. The molecule has 1 aromatic carbocycles. The summed E-state index contributed by atoms with van der Waals surface area (Å²) in [5.41, 5.74) is 0.517. The van der Waals surface area contributed by atoms with E-state index in [1.54, 1.807) is 12.1 Å². The van der Waals surface area contributed by atoms with Crippen LogP contribution in [0.2, 0.25) is 0 Å². The van der Waals surface area contributed by atoms with Gasteiger partial charge in [-0.1, -0.05) is 0 Å². The number of hydrogen-bond acceptors (Lipinski definition) is 4. The summed E-state index contributed by atoms with van der Waals surface area (Å²) < 4.78 is 95.8. The van der Waals surface area contributed by atoms with Crippen molar-refractivity contribution in [1.82, 2.24) is 19.5 Å². The molecule has 1 N–H and O–H groups in total. The Hall–Kier alpha value is -2.77. The first-order valence-electron chi connectivity index (χ1n) is 12.4. The number of fused-ring (bicyclic) bond motifs is 1. The number of hydrogen-bond donors (Lipinski definition) is 1. The van der Waals surface area contributed by atoms with E-state index in [2.05, 4.69) is 15.0 Å². The Labute approximate surface area is 168 Å². The van der Waals surface area contributed by atoms with E-state index in [0.29, 0.717) is 16.7 Å². The van der Waals surface area contributed by atoms with Crippen LogP contribution in [0.15, 0.2) is 60.0 Å². The van der Waals surface area contributed by atoms with E-state index in [9.17, 15) is 4.55 Å². The second-order valence-electron chi connectivity index (χ2n) is 5.28. The Balaban J connectivity index is 1.69. The highest BCUT2D eigenvalue weighted by Crippen LogP contribution is 2.24. The van der Waals surface area contributed by atoms with Crippen molar-refractivity contribution in [3.05, 3.63) is 66.2 Å². The van der Waals surface area contributed by atoms with Crippen LogP contribution in [0, 0.1) is 6.85 Å². The van der Waals surface area contributed by atoms with Gasteiger partial charge in [0.1, 0.15) is 5.75 Å². The molecule has 3 aromatic heterocycles. The number of nitrogens with one attached hydrogen (secondary N) is 1. The van der Waals surface area contributed by atoms with Gasteiger partial charge in [0.2, 0.25) is 0 Å². The minimum atomic E-state index is -2.90. The van der Waals surface area contributed by atoms with Crippen molar-refractivity contribution in [3.63, 3.8) is 0 Å². The van der Waals surface area contributed by atoms with Gasteiger partial charge in [-0.25, -0.2) is 0 Å². The van der Waals surface area contributed by atoms with E-state index in [4.69, 9.17) is 18.4 Å². The fourth-order valence-corrected chi connectivity index (χ4v) is 3.44. The Morgan fingerprint density at radius 3 is 3.04 bits per heavy atom. The normalized spacial score (nSPS) is 19.0. The third-order valence-electron chi connectivity index (χ3n) is 3.69. The molecule has 0 saturated heterocycles. The quantitative estimate of drug-likeness (QED) is 0.542. The molecule has 1 atom stereocenters. The molecule has 4 aromatic rings. The van der Waals surface area contributed by atoms with Gasteiger partial charge in [-0.3, -0.25) is 9.97 Å². The van der Waals surface area contributed by atoms with E-state index in [0.717, 1.165) is 10.6 Å². The number of aromatic amines is 1. The van der Waals surface area contributed by atoms with Gasteiger partial charge in [-0.15, -0.1) is 0 Å². The summed E-state index contributed by atoms with van der Waals surface area (Å²) in [7, 11) is -2.90. The molecule has 0 saturated carbocycles. The number of pyridine rings is 1. The van der Waals surface area contributed by atoms with Crippen molar-refractivity contribution in [2.24, 2.45) is 0 Å². The zero-order chi connectivity index (χ0) is 26.6. The Bertz CT molecular complexity index is 1420. The lowest BCUT2D eigenvalue weighted by Gasteiger charge is -2.10. The van der Waals surface area contributed by atoms with Crippen molar-refractivity contribution in [2.75, 3.05) is 7.04 Å². The lowest BCUT2D eigenvalue weighted by atomic mass is 10.2. The largest absolute Gasteiger partial charge is 0.609 e. The molecule has 0 aliphatic heterocycles. The number of rotatable bonds is 5. The number of methoxy groups -OCH3 is 1. The molecule has 0 aliphatic rings. The molecular formula is C19H18N4O2S. The SMILES string of the molecule is [2H]c1c([2H])c([2H])n(-c2ccc3[nH]c([S+]([O-])Cc4nccc(OC([2H])([2H])[2H])c4C([2H])([2H])[2H])nc3c2)c1[2H]. The van der Waals surface area contributed by atoms with Gasteiger partial charge in [0, 0.05) is 45.1 Å². The van der Waals surface area contributed by atoms with Crippen LogP contribution < -0.4 is 4.74 Å². The summed E-state index contributed by atoms with van der Waals surface area (Å²) in [5, 5.41) is -0.00496. The average Bonchev–Trinajstić information content (AvgIpc) is 3.27. The summed E-state index contributed by atoms with van der Waals surface area (Å²) >= 11 is -1.92. The lowest BCUT2D eigenvalue weighted by molar-refractivity contribution is 0.410. The maximum atomic E-state index is 13.1. The fraction of sp³-hybridized carbons (Fsp3) is 0.158. The smallest absolute Gasteiger partial charge is 0.322 e. The molecule has 1 unspecified atom stereocenters. The van der Waals surface area contributed by atoms with E-state index >= 15 is 0 Å². The zero-order valence-electron chi connectivity index (χ0n) is 23.2. The lowest BCUT2D eigenvalue weighted by Crippen LogP contribution is -2.10. The van der Waals surface area contributed by atoms with Crippen molar-refractivity contribution in [3.8, 4) is 11.4 Å². The monoisotopic (exact) mass is 376 g/mol.